The molecule has 2 aromatic carbocycles. The normalized spacial score (nSPS) is 14.0. The van der Waals surface area contributed by atoms with Gasteiger partial charge in [0.05, 0.1) is 17.7 Å². The molecule has 1 heterocycles. The Balaban J connectivity index is 1.52. The Kier molecular flexibility index (Phi) is 6.57. The number of hydrogen-bond donors (Lipinski definition) is 1. The molecule has 0 saturated carbocycles. The number of benzene rings is 2. The van der Waals surface area contributed by atoms with Crippen LogP contribution in [0.2, 0.25) is 0 Å². The first-order valence-corrected chi connectivity index (χ1v) is 11.0. The predicted molar refractivity (Wildman–Crippen MR) is 127 cm³/mol. The van der Waals surface area contributed by atoms with Crippen molar-refractivity contribution < 1.29 is 18.0 Å². The van der Waals surface area contributed by atoms with E-state index in [0.29, 0.717) is 17.7 Å². The summed E-state index contributed by atoms with van der Waals surface area (Å²) in [6, 6.07) is 15.2. The van der Waals surface area contributed by atoms with Crippen molar-refractivity contribution in [2.24, 2.45) is 0 Å². The Morgan fingerprint density at radius 2 is 1.74 bits per heavy atom. The number of aromatic nitrogens is 1. The van der Waals surface area contributed by atoms with E-state index in [2.05, 4.69) is 46.4 Å². The first-order chi connectivity index (χ1) is 16.1. The molecule has 0 fully saturated rings. The Morgan fingerprint density at radius 1 is 1.06 bits per heavy atom. The van der Waals surface area contributed by atoms with Gasteiger partial charge in [-0.15, -0.1) is 0 Å². The van der Waals surface area contributed by atoms with Crippen molar-refractivity contribution in [3.8, 4) is 11.1 Å². The second-order valence-corrected chi connectivity index (χ2v) is 8.68. The molecule has 3 aromatic rings. The first-order valence-electron chi connectivity index (χ1n) is 11.0. The summed E-state index contributed by atoms with van der Waals surface area (Å²) in [5.74, 6) is -0.288. The van der Waals surface area contributed by atoms with Gasteiger partial charge in [-0.1, -0.05) is 42.5 Å². The number of hydrogen-bond acceptors (Lipinski definition) is 3. The number of nitrogens with zero attached hydrogens (tertiary/aromatic N) is 2. The lowest BCUT2D eigenvalue weighted by Gasteiger charge is -2.20. The van der Waals surface area contributed by atoms with E-state index < -0.39 is 11.7 Å². The molecule has 1 amide bonds. The van der Waals surface area contributed by atoms with Crippen molar-refractivity contribution in [1.29, 1.82) is 0 Å². The molecule has 176 valence electrons. The molecule has 1 unspecified atom stereocenters. The van der Waals surface area contributed by atoms with Crippen LogP contribution < -0.4 is 5.32 Å². The second-order valence-electron chi connectivity index (χ2n) is 8.68. The number of amides is 1. The summed E-state index contributed by atoms with van der Waals surface area (Å²) < 4.78 is 38.3. The SMILES string of the molecule is CC(c1ccc(-c2ccnc3c2C(NC(=O)Cc2ccc(C(F)(F)F)cc2)=CC3)cc1)N(C)C. The molecule has 4 rings (SSSR count). The van der Waals surface area contributed by atoms with Crippen molar-refractivity contribution in [2.45, 2.75) is 32.0 Å². The van der Waals surface area contributed by atoms with Crippen molar-refractivity contribution in [3.05, 3.63) is 94.8 Å². The third-order valence-electron chi connectivity index (χ3n) is 6.20. The number of allylic oxidation sites excluding steroid dienone is 1. The molecule has 1 N–H and O–H groups in total. The molecular weight excluding hydrogens is 439 g/mol. The van der Waals surface area contributed by atoms with E-state index in [-0.39, 0.29) is 18.4 Å². The van der Waals surface area contributed by atoms with Crippen LogP contribution in [0.25, 0.3) is 16.8 Å². The quantitative estimate of drug-likeness (QED) is 0.512. The van der Waals surface area contributed by atoms with Crippen LogP contribution >= 0.6 is 0 Å². The largest absolute Gasteiger partial charge is 0.416 e. The highest BCUT2D eigenvalue weighted by Crippen LogP contribution is 2.35. The zero-order chi connectivity index (χ0) is 24.5. The van der Waals surface area contributed by atoms with Crippen molar-refractivity contribution in [1.82, 2.24) is 15.2 Å². The zero-order valence-corrected chi connectivity index (χ0v) is 19.3. The lowest BCUT2D eigenvalue weighted by atomic mass is 9.96. The minimum Gasteiger partial charge on any atom is -0.325 e. The van der Waals surface area contributed by atoms with Crippen LogP contribution in [0.4, 0.5) is 13.2 Å². The number of pyridine rings is 1. The molecular formula is C27H26F3N3O. The maximum atomic E-state index is 12.8. The van der Waals surface area contributed by atoms with Gasteiger partial charge in [0.1, 0.15) is 0 Å². The molecule has 0 bridgehead atoms. The van der Waals surface area contributed by atoms with Gasteiger partial charge in [-0.05, 0) is 61.5 Å². The molecule has 7 heteroatoms. The monoisotopic (exact) mass is 465 g/mol. The second kappa shape index (κ2) is 9.43. The van der Waals surface area contributed by atoms with Gasteiger partial charge >= 0.3 is 6.18 Å². The van der Waals surface area contributed by atoms with Crippen LogP contribution in [0.5, 0.6) is 0 Å². The minimum absolute atomic E-state index is 0.0163. The lowest BCUT2D eigenvalue weighted by molar-refractivity contribution is -0.137. The van der Waals surface area contributed by atoms with Crippen molar-refractivity contribution in [3.63, 3.8) is 0 Å². The van der Waals surface area contributed by atoms with Crippen LogP contribution in [-0.4, -0.2) is 29.9 Å². The maximum Gasteiger partial charge on any atom is 0.416 e. The van der Waals surface area contributed by atoms with Gasteiger partial charge in [-0.2, -0.15) is 13.2 Å². The van der Waals surface area contributed by atoms with Gasteiger partial charge in [0.2, 0.25) is 5.91 Å². The predicted octanol–water partition coefficient (Wildman–Crippen LogP) is 5.65. The standard InChI is InChI=1S/C27H26F3N3O/c1-17(33(2)3)19-6-8-20(9-7-19)22-14-15-31-23-12-13-24(26(22)23)32-25(34)16-18-4-10-21(11-5-18)27(28,29)30/h4-11,13-15,17H,12,16H2,1-3H3,(H,32,34). The molecule has 1 atom stereocenters. The molecule has 0 radical (unpaired) electrons. The Bertz CT molecular complexity index is 1210. The Labute approximate surface area is 197 Å². The van der Waals surface area contributed by atoms with Crippen molar-refractivity contribution >= 4 is 11.6 Å². The number of rotatable bonds is 6. The third-order valence-corrected chi connectivity index (χ3v) is 6.20. The highest BCUT2D eigenvalue weighted by Gasteiger charge is 2.30. The maximum absolute atomic E-state index is 12.8. The van der Waals surface area contributed by atoms with Gasteiger partial charge in [0, 0.05) is 29.9 Å². The van der Waals surface area contributed by atoms with Crippen molar-refractivity contribution in [2.75, 3.05) is 14.1 Å². The number of carbonyl (C=O) groups excluding carboxylic acids is 1. The molecule has 0 saturated heterocycles. The van der Waals surface area contributed by atoms with Crippen LogP contribution in [0.3, 0.4) is 0 Å². The minimum atomic E-state index is -4.40. The van der Waals surface area contributed by atoms with E-state index in [1.807, 2.05) is 26.2 Å². The summed E-state index contributed by atoms with van der Waals surface area (Å²) >= 11 is 0. The smallest absolute Gasteiger partial charge is 0.325 e. The van der Waals surface area contributed by atoms with Gasteiger partial charge in [0.25, 0.3) is 0 Å². The van der Waals surface area contributed by atoms with Gasteiger partial charge in [-0.25, -0.2) is 0 Å². The topological polar surface area (TPSA) is 45.2 Å². The van der Waals surface area contributed by atoms with E-state index >= 15 is 0 Å². The number of alkyl halides is 3. The summed E-state index contributed by atoms with van der Waals surface area (Å²) in [7, 11) is 4.08. The van der Waals surface area contributed by atoms with Gasteiger partial charge < -0.3 is 10.2 Å². The summed E-state index contributed by atoms with van der Waals surface area (Å²) in [5.41, 5.74) is 5.45. The number of nitrogens with one attached hydrogen (secondary N) is 1. The molecule has 1 aliphatic rings. The summed E-state index contributed by atoms with van der Waals surface area (Å²) in [6.07, 6.45) is -0.114. The van der Waals surface area contributed by atoms with Gasteiger partial charge in [0.15, 0.2) is 0 Å². The Morgan fingerprint density at radius 3 is 2.35 bits per heavy atom. The van der Waals surface area contributed by atoms with E-state index in [9.17, 15) is 18.0 Å². The highest BCUT2D eigenvalue weighted by molar-refractivity contribution is 5.93. The first kappa shape index (κ1) is 23.7. The zero-order valence-electron chi connectivity index (χ0n) is 19.3. The Hall–Kier alpha value is -3.45. The van der Waals surface area contributed by atoms with E-state index in [1.54, 1.807) is 6.20 Å². The molecule has 1 aromatic heterocycles. The highest BCUT2D eigenvalue weighted by atomic mass is 19.4. The summed E-state index contributed by atoms with van der Waals surface area (Å²) in [5, 5.41) is 2.94. The van der Waals surface area contributed by atoms with Crippen LogP contribution in [-0.2, 0) is 23.8 Å². The lowest BCUT2D eigenvalue weighted by Crippen LogP contribution is -2.23. The van der Waals surface area contributed by atoms with Crippen LogP contribution in [0.15, 0.2) is 66.9 Å². The van der Waals surface area contributed by atoms with Crippen LogP contribution in [0, 0.1) is 0 Å². The fourth-order valence-corrected chi connectivity index (χ4v) is 4.05. The van der Waals surface area contributed by atoms with Crippen LogP contribution in [0.1, 0.15) is 40.9 Å². The third kappa shape index (κ3) is 5.04. The number of carbonyl (C=O) groups is 1. The molecule has 34 heavy (non-hydrogen) atoms. The number of halogens is 3. The molecule has 1 aliphatic carbocycles. The molecule has 4 nitrogen and oxygen atoms in total. The summed E-state index contributed by atoms with van der Waals surface area (Å²) in [4.78, 5) is 19.3. The van der Waals surface area contributed by atoms with E-state index in [4.69, 9.17) is 0 Å². The van der Waals surface area contributed by atoms with E-state index in [0.717, 1.165) is 34.5 Å². The fraction of sp³-hybridized carbons (Fsp3) is 0.259. The van der Waals surface area contributed by atoms with Gasteiger partial charge in [-0.3, -0.25) is 9.78 Å². The molecule has 0 spiro atoms. The molecule has 0 aliphatic heterocycles. The average molecular weight is 466 g/mol. The van der Waals surface area contributed by atoms with E-state index in [1.165, 1.54) is 17.7 Å². The average Bonchev–Trinajstić information content (AvgIpc) is 3.21. The fourth-order valence-electron chi connectivity index (χ4n) is 4.05. The summed E-state index contributed by atoms with van der Waals surface area (Å²) in [6.45, 7) is 2.15. The number of fused-ring (bicyclic) bond motifs is 1.